The molecule has 2 saturated heterocycles. The zero-order chi connectivity index (χ0) is 29.8. The van der Waals surface area contributed by atoms with Crippen molar-refractivity contribution in [3.05, 3.63) is 51.8 Å². The number of methoxy groups -OCH3 is 1. The van der Waals surface area contributed by atoms with Crippen LogP contribution in [0, 0.1) is 0 Å². The zero-order valence-electron chi connectivity index (χ0n) is 24.7. The van der Waals surface area contributed by atoms with E-state index in [2.05, 4.69) is 31.8 Å². The van der Waals surface area contributed by atoms with E-state index in [9.17, 15) is 4.79 Å². The number of anilines is 2. The summed E-state index contributed by atoms with van der Waals surface area (Å²) in [4.78, 5) is 23.8. The van der Waals surface area contributed by atoms with Gasteiger partial charge in [-0.25, -0.2) is 4.68 Å². The molecule has 0 radical (unpaired) electrons. The predicted octanol–water partition coefficient (Wildman–Crippen LogP) is 3.36. The summed E-state index contributed by atoms with van der Waals surface area (Å²) in [7, 11) is 1.58. The molecule has 0 bridgehead atoms. The number of hydrogen-bond acceptors (Lipinski definition) is 9. The number of benzene rings is 2. The van der Waals surface area contributed by atoms with Crippen molar-refractivity contribution in [3.63, 3.8) is 0 Å². The molecule has 2 aromatic heterocycles. The summed E-state index contributed by atoms with van der Waals surface area (Å²) in [6.45, 7) is 11.1. The Morgan fingerprint density at radius 2 is 1.63 bits per heavy atom. The van der Waals surface area contributed by atoms with Crippen molar-refractivity contribution in [1.82, 2.24) is 24.6 Å². The minimum absolute atomic E-state index is 0.227. The molecule has 43 heavy (non-hydrogen) atoms. The minimum Gasteiger partial charge on any atom is -0.497 e. The van der Waals surface area contributed by atoms with Crippen LogP contribution in [0.3, 0.4) is 0 Å². The van der Waals surface area contributed by atoms with Crippen molar-refractivity contribution in [2.24, 2.45) is 0 Å². The topological polar surface area (TPSA) is 114 Å². The summed E-state index contributed by atoms with van der Waals surface area (Å²) < 4.78 is 17.9. The summed E-state index contributed by atoms with van der Waals surface area (Å²) in [5.41, 5.74) is 9.08. The highest BCUT2D eigenvalue weighted by Crippen LogP contribution is 2.32. The summed E-state index contributed by atoms with van der Waals surface area (Å²) in [6, 6.07) is 11.5. The molecule has 0 saturated carbocycles. The van der Waals surface area contributed by atoms with Crippen molar-refractivity contribution < 1.29 is 14.2 Å². The first-order valence-corrected chi connectivity index (χ1v) is 15.4. The van der Waals surface area contributed by atoms with Crippen LogP contribution in [-0.4, -0.2) is 110 Å². The van der Waals surface area contributed by atoms with Gasteiger partial charge in [-0.15, -0.1) is 0 Å². The van der Waals surface area contributed by atoms with Crippen molar-refractivity contribution in [2.75, 3.05) is 96.5 Å². The Bertz CT molecular complexity index is 1590. The van der Waals surface area contributed by atoms with Gasteiger partial charge >= 0.3 is 0 Å². The van der Waals surface area contributed by atoms with Gasteiger partial charge in [-0.05, 0) is 43.2 Å². The van der Waals surface area contributed by atoms with E-state index in [1.807, 2.05) is 6.07 Å². The standard InChI is InChI=1S/C31H40ClN7O4/c1-41-23-5-7-25(32)27(21-23)39-30(33)28-29(35-39)24-6-4-22(20-26(24)34-31(28)40)38(10-2-8-36-12-16-42-17-13-36)11-3-9-37-14-18-43-19-15-37/h4-7,20-21H,2-3,8-19,33H2,1H3,(H,34,40). The Labute approximate surface area is 256 Å². The van der Waals surface area contributed by atoms with Gasteiger partial charge in [0.25, 0.3) is 5.56 Å². The number of nitrogens with two attached hydrogens (primary N) is 1. The fourth-order valence-corrected chi connectivity index (χ4v) is 6.22. The Kier molecular flexibility index (Phi) is 9.34. The Morgan fingerprint density at radius 1 is 0.977 bits per heavy atom. The molecule has 0 amide bonds. The van der Waals surface area contributed by atoms with Crippen LogP contribution >= 0.6 is 11.6 Å². The fourth-order valence-electron chi connectivity index (χ4n) is 6.02. The second-order valence-corrected chi connectivity index (χ2v) is 11.5. The maximum atomic E-state index is 13.3. The van der Waals surface area contributed by atoms with Gasteiger partial charge in [0.05, 0.1) is 49.8 Å². The SMILES string of the molecule is COc1ccc(Cl)c(-n2nc3c(c2N)c(=O)[nH]c2cc(N(CCCN4CCOCC4)CCCN4CCOCC4)ccc23)c1. The molecule has 2 aromatic carbocycles. The molecule has 0 atom stereocenters. The number of aromatic nitrogens is 3. The van der Waals surface area contributed by atoms with Crippen LogP contribution in [0.15, 0.2) is 41.2 Å². The van der Waals surface area contributed by atoms with Crippen LogP contribution in [0.25, 0.3) is 27.5 Å². The van der Waals surface area contributed by atoms with Gasteiger partial charge < -0.3 is 29.8 Å². The van der Waals surface area contributed by atoms with E-state index in [4.69, 9.17) is 36.6 Å². The number of fused-ring (bicyclic) bond motifs is 3. The molecule has 0 unspecified atom stereocenters. The zero-order valence-corrected chi connectivity index (χ0v) is 25.4. The largest absolute Gasteiger partial charge is 0.497 e. The summed E-state index contributed by atoms with van der Waals surface area (Å²) >= 11 is 6.50. The lowest BCUT2D eigenvalue weighted by molar-refractivity contribution is 0.0371. The molecule has 6 rings (SSSR count). The normalized spacial score (nSPS) is 16.7. The average molecular weight is 610 g/mol. The fraction of sp³-hybridized carbons (Fsp3) is 0.484. The summed E-state index contributed by atoms with van der Waals surface area (Å²) in [6.07, 6.45) is 2.10. The molecule has 2 aliphatic rings. The van der Waals surface area contributed by atoms with Gasteiger partial charge in [0.1, 0.15) is 22.5 Å². The third kappa shape index (κ3) is 6.61. The lowest BCUT2D eigenvalue weighted by Gasteiger charge is -2.31. The van der Waals surface area contributed by atoms with Crippen LogP contribution in [-0.2, 0) is 9.47 Å². The van der Waals surface area contributed by atoms with Gasteiger partial charge in [0, 0.05) is 69.5 Å². The molecule has 2 aliphatic heterocycles. The highest BCUT2D eigenvalue weighted by atomic mass is 35.5. The van der Waals surface area contributed by atoms with E-state index in [0.29, 0.717) is 27.4 Å². The summed E-state index contributed by atoms with van der Waals surface area (Å²) in [5, 5.41) is 6.39. The molecule has 4 aromatic rings. The molecule has 3 N–H and O–H groups in total. The van der Waals surface area contributed by atoms with Crippen molar-refractivity contribution in [1.29, 1.82) is 0 Å². The van der Waals surface area contributed by atoms with Crippen molar-refractivity contribution in [2.45, 2.75) is 12.8 Å². The van der Waals surface area contributed by atoms with Crippen LogP contribution in [0.5, 0.6) is 5.75 Å². The molecule has 0 aliphatic carbocycles. The molecule has 2 fully saturated rings. The van der Waals surface area contributed by atoms with Crippen molar-refractivity contribution >= 4 is 44.9 Å². The molecular weight excluding hydrogens is 570 g/mol. The Balaban J connectivity index is 1.29. The number of pyridine rings is 1. The second-order valence-electron chi connectivity index (χ2n) is 11.1. The van der Waals surface area contributed by atoms with E-state index in [0.717, 1.165) is 108 Å². The van der Waals surface area contributed by atoms with E-state index >= 15 is 0 Å². The predicted molar refractivity (Wildman–Crippen MR) is 171 cm³/mol. The third-order valence-electron chi connectivity index (χ3n) is 8.41. The third-order valence-corrected chi connectivity index (χ3v) is 8.73. The monoisotopic (exact) mass is 609 g/mol. The quantitative estimate of drug-likeness (QED) is 0.264. The lowest BCUT2D eigenvalue weighted by Crippen LogP contribution is -2.39. The number of hydrogen-bond donors (Lipinski definition) is 2. The number of H-pyrrole nitrogens is 1. The number of nitrogen functional groups attached to an aromatic ring is 1. The molecule has 4 heterocycles. The van der Waals surface area contributed by atoms with Gasteiger partial charge in [0.2, 0.25) is 0 Å². The van der Waals surface area contributed by atoms with Crippen LogP contribution in [0.2, 0.25) is 5.02 Å². The highest BCUT2D eigenvalue weighted by molar-refractivity contribution is 6.32. The summed E-state index contributed by atoms with van der Waals surface area (Å²) in [5.74, 6) is 0.842. The molecule has 11 nitrogen and oxygen atoms in total. The molecular formula is C31H40ClN7O4. The maximum absolute atomic E-state index is 13.3. The number of nitrogens with one attached hydrogen (secondary N) is 1. The second kappa shape index (κ2) is 13.5. The van der Waals surface area contributed by atoms with Crippen LogP contribution in [0.1, 0.15) is 12.8 Å². The Hall–Kier alpha value is -3.35. The van der Waals surface area contributed by atoms with Gasteiger partial charge in [-0.3, -0.25) is 14.6 Å². The first-order chi connectivity index (χ1) is 21.0. The first-order valence-electron chi connectivity index (χ1n) is 15.0. The van der Waals surface area contributed by atoms with E-state index in [1.54, 1.807) is 25.3 Å². The highest BCUT2D eigenvalue weighted by Gasteiger charge is 2.20. The number of halogens is 1. The van der Waals surface area contributed by atoms with Crippen LogP contribution in [0.4, 0.5) is 11.5 Å². The molecule has 230 valence electrons. The molecule has 12 heteroatoms. The van der Waals surface area contributed by atoms with Crippen LogP contribution < -0.4 is 20.9 Å². The average Bonchev–Trinajstić information content (AvgIpc) is 3.39. The van der Waals surface area contributed by atoms with Crippen molar-refractivity contribution in [3.8, 4) is 11.4 Å². The first kappa shape index (κ1) is 29.7. The number of ether oxygens (including phenoxy) is 3. The maximum Gasteiger partial charge on any atom is 0.261 e. The number of rotatable bonds is 11. The number of aromatic amines is 1. The molecule has 0 spiro atoms. The van der Waals surface area contributed by atoms with Gasteiger partial charge in [-0.1, -0.05) is 11.6 Å². The number of nitrogens with zero attached hydrogens (tertiary/aromatic N) is 5. The number of morpholine rings is 2. The van der Waals surface area contributed by atoms with Gasteiger partial charge in [-0.2, -0.15) is 5.10 Å². The van der Waals surface area contributed by atoms with Gasteiger partial charge in [0.15, 0.2) is 0 Å². The minimum atomic E-state index is -0.284. The van der Waals surface area contributed by atoms with E-state index in [-0.39, 0.29) is 11.4 Å². The lowest BCUT2D eigenvalue weighted by atomic mass is 10.1. The van der Waals surface area contributed by atoms with E-state index in [1.165, 1.54) is 4.68 Å². The van der Waals surface area contributed by atoms with E-state index < -0.39 is 0 Å². The smallest absolute Gasteiger partial charge is 0.261 e. The Morgan fingerprint density at radius 3 is 2.26 bits per heavy atom.